The number of rotatable bonds is 6. The highest BCUT2D eigenvalue weighted by Gasteiger charge is 2.18. The lowest BCUT2D eigenvalue weighted by Gasteiger charge is -2.25. The van der Waals surface area contributed by atoms with Crippen LogP contribution in [-0.2, 0) is 6.42 Å². The summed E-state index contributed by atoms with van der Waals surface area (Å²) in [6.45, 7) is 5.40. The van der Waals surface area contributed by atoms with Crippen LogP contribution in [0.4, 0.5) is 5.82 Å². The summed E-state index contributed by atoms with van der Waals surface area (Å²) in [5, 5.41) is 3.49. The van der Waals surface area contributed by atoms with Crippen molar-refractivity contribution in [1.82, 2.24) is 9.97 Å². The lowest BCUT2D eigenvalue weighted by molar-refractivity contribution is 0.389. The number of aromatic nitrogens is 2. The molecule has 0 radical (unpaired) electrons. The van der Waals surface area contributed by atoms with Crippen LogP contribution in [0.15, 0.2) is 71.5 Å². The van der Waals surface area contributed by atoms with Gasteiger partial charge in [0.1, 0.15) is 5.82 Å². The van der Waals surface area contributed by atoms with Crippen LogP contribution in [0.1, 0.15) is 19.4 Å². The Morgan fingerprint density at radius 1 is 0.960 bits per heavy atom. The van der Waals surface area contributed by atoms with Crippen molar-refractivity contribution in [3.63, 3.8) is 0 Å². The van der Waals surface area contributed by atoms with Crippen molar-refractivity contribution >= 4 is 21.7 Å². The van der Waals surface area contributed by atoms with E-state index in [1.807, 2.05) is 24.3 Å². The van der Waals surface area contributed by atoms with Crippen LogP contribution in [-0.4, -0.2) is 16.5 Å². The first-order valence-corrected chi connectivity index (χ1v) is 9.18. The van der Waals surface area contributed by atoms with Crippen molar-refractivity contribution in [3.05, 3.63) is 77.0 Å². The second kappa shape index (κ2) is 7.79. The first-order chi connectivity index (χ1) is 12.0. The molecule has 4 heteroatoms. The molecule has 2 aromatic heterocycles. The second-order valence-corrected chi connectivity index (χ2v) is 7.80. The second-order valence-electron chi connectivity index (χ2n) is 6.94. The molecule has 0 atom stereocenters. The van der Waals surface area contributed by atoms with E-state index in [0.717, 1.165) is 34.5 Å². The van der Waals surface area contributed by atoms with Gasteiger partial charge < -0.3 is 5.32 Å². The highest BCUT2D eigenvalue weighted by atomic mass is 79.9. The van der Waals surface area contributed by atoms with Gasteiger partial charge in [0.2, 0.25) is 0 Å². The van der Waals surface area contributed by atoms with Gasteiger partial charge in [-0.2, -0.15) is 0 Å². The van der Waals surface area contributed by atoms with E-state index >= 15 is 0 Å². The van der Waals surface area contributed by atoms with Crippen molar-refractivity contribution < 1.29 is 0 Å². The zero-order chi connectivity index (χ0) is 17.7. The Morgan fingerprint density at radius 2 is 1.68 bits per heavy atom. The van der Waals surface area contributed by atoms with Gasteiger partial charge in [-0.15, -0.1) is 0 Å². The minimum atomic E-state index is 0.132. The first-order valence-electron chi connectivity index (χ1n) is 8.38. The lowest BCUT2D eigenvalue weighted by Crippen LogP contribution is -2.26. The molecule has 0 unspecified atom stereocenters. The third-order valence-corrected chi connectivity index (χ3v) is 4.71. The highest BCUT2D eigenvalue weighted by molar-refractivity contribution is 9.10. The SMILES string of the molecule is CC(C)(CNc1ccc(Br)c(-c2ccncc2)n1)Cc1ccccc1. The molecule has 0 amide bonds. The number of nitrogens with one attached hydrogen (secondary N) is 1. The molecule has 0 aliphatic heterocycles. The van der Waals surface area contributed by atoms with Gasteiger partial charge in [-0.25, -0.2) is 4.98 Å². The Kier molecular flexibility index (Phi) is 5.49. The number of anilines is 1. The molecular weight excluding hydrogens is 374 g/mol. The van der Waals surface area contributed by atoms with Gasteiger partial charge in [0.25, 0.3) is 0 Å². The lowest BCUT2D eigenvalue weighted by atomic mass is 9.85. The maximum Gasteiger partial charge on any atom is 0.126 e. The number of hydrogen-bond donors (Lipinski definition) is 1. The van der Waals surface area contributed by atoms with E-state index in [1.165, 1.54) is 5.56 Å². The monoisotopic (exact) mass is 395 g/mol. The average molecular weight is 396 g/mol. The number of pyridine rings is 2. The number of benzene rings is 1. The fourth-order valence-corrected chi connectivity index (χ4v) is 3.24. The van der Waals surface area contributed by atoms with Crippen LogP contribution < -0.4 is 5.32 Å². The summed E-state index contributed by atoms with van der Waals surface area (Å²) in [6, 6.07) is 18.6. The Hall–Kier alpha value is -2.20. The summed E-state index contributed by atoms with van der Waals surface area (Å²) < 4.78 is 0.979. The molecule has 0 fully saturated rings. The minimum absolute atomic E-state index is 0.132. The van der Waals surface area contributed by atoms with Crippen LogP contribution in [0.25, 0.3) is 11.3 Å². The topological polar surface area (TPSA) is 37.8 Å². The normalized spacial score (nSPS) is 11.3. The van der Waals surface area contributed by atoms with Crippen molar-refractivity contribution in [2.24, 2.45) is 5.41 Å². The zero-order valence-electron chi connectivity index (χ0n) is 14.5. The summed E-state index contributed by atoms with van der Waals surface area (Å²) in [6.07, 6.45) is 4.59. The highest BCUT2D eigenvalue weighted by Crippen LogP contribution is 2.28. The molecule has 0 aliphatic rings. The number of nitrogens with zero attached hydrogens (tertiary/aromatic N) is 2. The molecular formula is C21H22BrN3. The summed E-state index contributed by atoms with van der Waals surface area (Å²) in [7, 11) is 0. The van der Waals surface area contributed by atoms with E-state index in [-0.39, 0.29) is 5.41 Å². The van der Waals surface area contributed by atoms with E-state index in [9.17, 15) is 0 Å². The van der Waals surface area contributed by atoms with E-state index in [0.29, 0.717) is 0 Å². The predicted molar refractivity (Wildman–Crippen MR) is 108 cm³/mol. The number of hydrogen-bond acceptors (Lipinski definition) is 3. The molecule has 0 bridgehead atoms. The molecule has 3 rings (SSSR count). The average Bonchev–Trinajstić information content (AvgIpc) is 2.62. The molecule has 128 valence electrons. The molecule has 0 aliphatic carbocycles. The standard InChI is InChI=1S/C21H22BrN3/c1-21(2,14-16-6-4-3-5-7-16)15-24-19-9-8-18(22)20(25-19)17-10-12-23-13-11-17/h3-13H,14-15H2,1-2H3,(H,24,25). The van der Waals surface area contributed by atoms with E-state index in [4.69, 9.17) is 4.98 Å². The third-order valence-electron chi connectivity index (χ3n) is 4.07. The minimum Gasteiger partial charge on any atom is -0.370 e. The Bertz CT molecular complexity index is 817. The fraction of sp³-hybridized carbons (Fsp3) is 0.238. The smallest absolute Gasteiger partial charge is 0.126 e. The van der Waals surface area contributed by atoms with Gasteiger partial charge in [-0.05, 0) is 57.6 Å². The van der Waals surface area contributed by atoms with Crippen molar-refractivity contribution in [2.75, 3.05) is 11.9 Å². The van der Waals surface area contributed by atoms with Gasteiger partial charge in [-0.1, -0.05) is 44.2 Å². The molecule has 3 aromatic rings. The van der Waals surface area contributed by atoms with Gasteiger partial charge >= 0.3 is 0 Å². The molecule has 3 nitrogen and oxygen atoms in total. The van der Waals surface area contributed by atoms with Crippen LogP contribution in [0.3, 0.4) is 0 Å². The van der Waals surface area contributed by atoms with Gasteiger partial charge in [0, 0.05) is 29.0 Å². The van der Waals surface area contributed by atoms with Crippen molar-refractivity contribution in [1.29, 1.82) is 0 Å². The van der Waals surface area contributed by atoms with Crippen LogP contribution >= 0.6 is 15.9 Å². The summed E-state index contributed by atoms with van der Waals surface area (Å²) in [5.41, 5.74) is 3.46. The summed E-state index contributed by atoms with van der Waals surface area (Å²) in [4.78, 5) is 8.84. The molecule has 0 saturated carbocycles. The molecule has 1 N–H and O–H groups in total. The van der Waals surface area contributed by atoms with Crippen LogP contribution in [0.5, 0.6) is 0 Å². The maximum atomic E-state index is 4.77. The summed E-state index contributed by atoms with van der Waals surface area (Å²) in [5.74, 6) is 0.885. The Labute approximate surface area is 157 Å². The zero-order valence-corrected chi connectivity index (χ0v) is 16.1. The van der Waals surface area contributed by atoms with Crippen molar-refractivity contribution in [2.45, 2.75) is 20.3 Å². The molecule has 2 heterocycles. The van der Waals surface area contributed by atoms with E-state index in [2.05, 4.69) is 70.4 Å². The van der Waals surface area contributed by atoms with Gasteiger partial charge in [-0.3, -0.25) is 4.98 Å². The quantitative estimate of drug-likeness (QED) is 0.591. The molecule has 0 saturated heterocycles. The molecule has 0 spiro atoms. The predicted octanol–water partition coefficient (Wildman–Crippen LogP) is 5.59. The van der Waals surface area contributed by atoms with Crippen LogP contribution in [0, 0.1) is 5.41 Å². The molecule has 25 heavy (non-hydrogen) atoms. The number of halogens is 1. The van der Waals surface area contributed by atoms with E-state index < -0.39 is 0 Å². The van der Waals surface area contributed by atoms with Crippen molar-refractivity contribution in [3.8, 4) is 11.3 Å². The van der Waals surface area contributed by atoms with E-state index in [1.54, 1.807) is 12.4 Å². The maximum absolute atomic E-state index is 4.77. The Morgan fingerprint density at radius 3 is 2.40 bits per heavy atom. The van der Waals surface area contributed by atoms with Gasteiger partial charge in [0.05, 0.1) is 5.69 Å². The van der Waals surface area contributed by atoms with Crippen LogP contribution in [0.2, 0.25) is 0 Å². The first kappa shape index (κ1) is 17.6. The third kappa shape index (κ3) is 4.89. The summed E-state index contributed by atoms with van der Waals surface area (Å²) >= 11 is 3.59. The fourth-order valence-electron chi connectivity index (χ4n) is 2.79. The van der Waals surface area contributed by atoms with Gasteiger partial charge in [0.15, 0.2) is 0 Å². The molecule has 1 aromatic carbocycles. The Balaban J connectivity index is 1.71. The largest absolute Gasteiger partial charge is 0.370 e.